The first-order valence-corrected chi connectivity index (χ1v) is 8.67. The Kier molecular flexibility index (Phi) is 3.76. The first kappa shape index (κ1) is 16.3. The van der Waals surface area contributed by atoms with Gasteiger partial charge >= 0.3 is 6.03 Å². The third kappa shape index (κ3) is 2.46. The minimum absolute atomic E-state index is 0.220. The van der Waals surface area contributed by atoms with Crippen molar-refractivity contribution in [1.29, 1.82) is 0 Å². The summed E-state index contributed by atoms with van der Waals surface area (Å²) in [5.41, 5.74) is 1.78. The largest absolute Gasteiger partial charge is 0.325 e. The van der Waals surface area contributed by atoms with Gasteiger partial charge in [0.05, 0.1) is 6.54 Å². The van der Waals surface area contributed by atoms with Gasteiger partial charge in [0.1, 0.15) is 5.54 Å². The molecule has 1 unspecified atom stereocenters. The number of benzene rings is 3. The van der Waals surface area contributed by atoms with Crippen LogP contribution in [0.4, 0.5) is 4.79 Å². The van der Waals surface area contributed by atoms with Gasteiger partial charge in [0, 0.05) is 0 Å². The molecule has 0 radical (unpaired) electrons. The van der Waals surface area contributed by atoms with Crippen molar-refractivity contribution in [2.75, 3.05) is 0 Å². The average molecular weight is 344 g/mol. The molecular formula is C22H20N2O2. The highest BCUT2D eigenvalue weighted by atomic mass is 16.2. The lowest BCUT2D eigenvalue weighted by atomic mass is 9.87. The van der Waals surface area contributed by atoms with Crippen LogP contribution in [-0.4, -0.2) is 16.8 Å². The highest BCUT2D eigenvalue weighted by molar-refractivity contribution is 6.09. The number of hydrogen-bond donors (Lipinski definition) is 1. The molecule has 0 aromatic heterocycles. The Morgan fingerprint density at radius 2 is 1.62 bits per heavy atom. The predicted molar refractivity (Wildman–Crippen MR) is 102 cm³/mol. The van der Waals surface area contributed by atoms with Gasteiger partial charge < -0.3 is 5.32 Å². The quantitative estimate of drug-likeness (QED) is 0.727. The van der Waals surface area contributed by atoms with Crippen molar-refractivity contribution in [3.05, 3.63) is 83.4 Å². The molecule has 1 atom stereocenters. The van der Waals surface area contributed by atoms with E-state index in [1.54, 1.807) is 6.92 Å². The van der Waals surface area contributed by atoms with Crippen LogP contribution in [-0.2, 0) is 16.9 Å². The molecule has 0 aliphatic carbocycles. The van der Waals surface area contributed by atoms with E-state index in [0.29, 0.717) is 0 Å². The summed E-state index contributed by atoms with van der Waals surface area (Å²) in [5.74, 6) is -0.220. The number of amides is 3. The van der Waals surface area contributed by atoms with E-state index in [1.807, 2.05) is 73.7 Å². The molecule has 1 fully saturated rings. The highest BCUT2D eigenvalue weighted by Gasteiger charge is 2.49. The number of fused-ring (bicyclic) bond motifs is 1. The Hall–Kier alpha value is -3.14. The van der Waals surface area contributed by atoms with E-state index >= 15 is 0 Å². The molecular weight excluding hydrogens is 324 g/mol. The van der Waals surface area contributed by atoms with Crippen LogP contribution < -0.4 is 5.32 Å². The lowest BCUT2D eigenvalue weighted by molar-refractivity contribution is -0.131. The molecule has 3 amide bonds. The van der Waals surface area contributed by atoms with Crippen LogP contribution in [0.25, 0.3) is 10.8 Å². The van der Waals surface area contributed by atoms with Gasteiger partial charge in [-0.15, -0.1) is 0 Å². The van der Waals surface area contributed by atoms with E-state index in [9.17, 15) is 9.59 Å². The first-order valence-electron chi connectivity index (χ1n) is 8.67. The van der Waals surface area contributed by atoms with Gasteiger partial charge in [-0.05, 0) is 41.3 Å². The molecule has 1 heterocycles. The number of urea groups is 1. The van der Waals surface area contributed by atoms with Gasteiger partial charge in [-0.3, -0.25) is 9.69 Å². The summed E-state index contributed by atoms with van der Waals surface area (Å²) < 4.78 is 0. The minimum Gasteiger partial charge on any atom is -0.319 e. The minimum atomic E-state index is -1.07. The average Bonchev–Trinajstić information content (AvgIpc) is 2.87. The molecule has 0 bridgehead atoms. The molecule has 1 N–H and O–H groups in total. The normalized spacial score (nSPS) is 19.8. The molecule has 4 rings (SSSR count). The summed E-state index contributed by atoms with van der Waals surface area (Å²) in [6.07, 6.45) is 0. The molecule has 0 spiro atoms. The molecule has 4 nitrogen and oxygen atoms in total. The molecule has 1 saturated heterocycles. The number of imide groups is 1. The standard InChI is InChI=1S/C22H20N2O2/c1-15-8-3-4-10-17(15)14-24-20(25)22(2,23-21(24)26)19-13-7-11-16-9-5-6-12-18(16)19/h3-13H,14H2,1-2H3,(H,23,26). The zero-order chi connectivity index (χ0) is 18.3. The van der Waals surface area contributed by atoms with Crippen LogP contribution in [0.3, 0.4) is 0 Å². The number of carbonyl (C=O) groups is 2. The molecule has 1 aliphatic rings. The van der Waals surface area contributed by atoms with Gasteiger partial charge in [-0.2, -0.15) is 0 Å². The van der Waals surface area contributed by atoms with E-state index in [0.717, 1.165) is 27.5 Å². The number of rotatable bonds is 3. The SMILES string of the molecule is Cc1ccccc1CN1C(=O)NC(C)(c2cccc3ccccc23)C1=O. The van der Waals surface area contributed by atoms with Crippen LogP contribution in [0, 0.1) is 6.92 Å². The van der Waals surface area contributed by atoms with E-state index in [1.165, 1.54) is 4.90 Å². The second kappa shape index (κ2) is 5.99. The number of aryl methyl sites for hydroxylation is 1. The van der Waals surface area contributed by atoms with Crippen LogP contribution in [0.2, 0.25) is 0 Å². The molecule has 26 heavy (non-hydrogen) atoms. The smallest absolute Gasteiger partial charge is 0.319 e. The third-order valence-electron chi connectivity index (χ3n) is 5.19. The first-order chi connectivity index (χ1) is 12.5. The fourth-order valence-corrected chi connectivity index (χ4v) is 3.64. The van der Waals surface area contributed by atoms with Gasteiger partial charge in [0.2, 0.25) is 0 Å². The Balaban J connectivity index is 1.75. The monoisotopic (exact) mass is 344 g/mol. The van der Waals surface area contributed by atoms with Crippen molar-refractivity contribution >= 4 is 22.7 Å². The van der Waals surface area contributed by atoms with Crippen LogP contribution in [0.15, 0.2) is 66.7 Å². The van der Waals surface area contributed by atoms with Crippen molar-refractivity contribution in [2.45, 2.75) is 25.9 Å². The fraction of sp³-hybridized carbons (Fsp3) is 0.182. The lowest BCUT2D eigenvalue weighted by Gasteiger charge is -2.24. The molecule has 0 saturated carbocycles. The van der Waals surface area contributed by atoms with E-state index in [-0.39, 0.29) is 18.5 Å². The summed E-state index contributed by atoms with van der Waals surface area (Å²) in [4.78, 5) is 27.2. The maximum absolute atomic E-state index is 13.2. The van der Waals surface area contributed by atoms with Crippen molar-refractivity contribution in [3.63, 3.8) is 0 Å². The van der Waals surface area contributed by atoms with Crippen molar-refractivity contribution in [3.8, 4) is 0 Å². The van der Waals surface area contributed by atoms with Crippen LogP contribution in [0.1, 0.15) is 23.6 Å². The van der Waals surface area contributed by atoms with E-state index < -0.39 is 5.54 Å². The van der Waals surface area contributed by atoms with Crippen LogP contribution in [0.5, 0.6) is 0 Å². The zero-order valence-electron chi connectivity index (χ0n) is 14.8. The maximum Gasteiger partial charge on any atom is 0.325 e. The summed E-state index contributed by atoms with van der Waals surface area (Å²) in [6, 6.07) is 21.2. The van der Waals surface area contributed by atoms with Crippen LogP contribution >= 0.6 is 0 Å². The molecule has 3 aromatic carbocycles. The Morgan fingerprint density at radius 3 is 2.42 bits per heavy atom. The molecule has 4 heteroatoms. The predicted octanol–water partition coefficient (Wildman–Crippen LogP) is 4.12. The summed E-state index contributed by atoms with van der Waals surface area (Å²) in [5, 5.41) is 4.94. The topological polar surface area (TPSA) is 49.4 Å². The lowest BCUT2D eigenvalue weighted by Crippen LogP contribution is -2.41. The van der Waals surface area contributed by atoms with Gasteiger partial charge in [-0.25, -0.2) is 4.79 Å². The van der Waals surface area contributed by atoms with Gasteiger partial charge in [0.15, 0.2) is 0 Å². The van der Waals surface area contributed by atoms with E-state index in [2.05, 4.69) is 5.32 Å². The molecule has 1 aliphatic heterocycles. The summed E-state index contributed by atoms with van der Waals surface area (Å²) >= 11 is 0. The Labute approximate surface area is 152 Å². The van der Waals surface area contributed by atoms with Crippen molar-refractivity contribution < 1.29 is 9.59 Å². The van der Waals surface area contributed by atoms with Gasteiger partial charge in [0.25, 0.3) is 5.91 Å². The Bertz CT molecular complexity index is 1020. The highest BCUT2D eigenvalue weighted by Crippen LogP contribution is 2.34. The summed E-state index contributed by atoms with van der Waals surface area (Å²) in [6.45, 7) is 4.04. The zero-order valence-corrected chi connectivity index (χ0v) is 14.8. The van der Waals surface area contributed by atoms with E-state index in [4.69, 9.17) is 0 Å². The molecule has 130 valence electrons. The number of nitrogens with zero attached hydrogens (tertiary/aromatic N) is 1. The van der Waals surface area contributed by atoms with Gasteiger partial charge in [-0.1, -0.05) is 66.7 Å². The second-order valence-electron chi connectivity index (χ2n) is 6.90. The summed E-state index contributed by atoms with van der Waals surface area (Å²) in [7, 11) is 0. The van der Waals surface area contributed by atoms with Crippen molar-refractivity contribution in [2.24, 2.45) is 0 Å². The maximum atomic E-state index is 13.2. The second-order valence-corrected chi connectivity index (χ2v) is 6.90. The third-order valence-corrected chi connectivity index (χ3v) is 5.19. The fourth-order valence-electron chi connectivity index (χ4n) is 3.64. The Morgan fingerprint density at radius 1 is 0.923 bits per heavy atom. The number of hydrogen-bond acceptors (Lipinski definition) is 2. The number of carbonyl (C=O) groups excluding carboxylic acids is 2. The van der Waals surface area contributed by atoms with Crippen molar-refractivity contribution in [1.82, 2.24) is 10.2 Å². The number of nitrogens with one attached hydrogen (secondary N) is 1. The molecule has 3 aromatic rings.